The molecular formula is C24H27N3O2S. The van der Waals surface area contributed by atoms with Crippen LogP contribution in [0.3, 0.4) is 0 Å². The summed E-state index contributed by atoms with van der Waals surface area (Å²) < 4.78 is 5.48. The lowest BCUT2D eigenvalue weighted by atomic mass is 10.1. The number of amides is 1. The Kier molecular flexibility index (Phi) is 6.33. The van der Waals surface area contributed by atoms with Crippen molar-refractivity contribution in [3.05, 3.63) is 59.1 Å². The van der Waals surface area contributed by atoms with E-state index >= 15 is 0 Å². The molecule has 0 unspecified atom stereocenters. The van der Waals surface area contributed by atoms with Crippen molar-refractivity contribution >= 4 is 28.6 Å². The molecule has 2 aromatic carbocycles. The van der Waals surface area contributed by atoms with Gasteiger partial charge in [0.15, 0.2) is 0 Å². The topological polar surface area (TPSA) is 54.5 Å². The van der Waals surface area contributed by atoms with Crippen LogP contribution in [-0.2, 0) is 11.2 Å². The molecule has 30 heavy (non-hydrogen) atoms. The number of nitrogens with one attached hydrogen (secondary N) is 1. The standard InChI is InChI=1S/C24H27N3O2S/c1-3-29-21-9-6-18(7-10-21)24-25-19(16-30-24)15-23(28)26-22-11-8-20(14-17(22)2)27-12-4-5-13-27/h6-11,14,16H,3-5,12-13,15H2,1-2H3,(H,26,28). The number of thiazole rings is 1. The molecule has 0 bridgehead atoms. The van der Waals surface area contributed by atoms with Crippen LogP contribution < -0.4 is 15.0 Å². The minimum Gasteiger partial charge on any atom is -0.494 e. The number of anilines is 2. The van der Waals surface area contributed by atoms with Gasteiger partial charge in [-0.3, -0.25) is 4.79 Å². The molecule has 1 aromatic heterocycles. The average molecular weight is 422 g/mol. The fraction of sp³-hybridized carbons (Fsp3) is 0.333. The fourth-order valence-electron chi connectivity index (χ4n) is 3.70. The van der Waals surface area contributed by atoms with E-state index in [9.17, 15) is 4.79 Å². The van der Waals surface area contributed by atoms with Gasteiger partial charge in [0.05, 0.1) is 18.7 Å². The van der Waals surface area contributed by atoms with E-state index in [0.29, 0.717) is 6.61 Å². The Labute approximate surface area is 181 Å². The van der Waals surface area contributed by atoms with Crippen molar-refractivity contribution in [2.24, 2.45) is 0 Å². The summed E-state index contributed by atoms with van der Waals surface area (Å²) in [5.74, 6) is 0.805. The van der Waals surface area contributed by atoms with Gasteiger partial charge in [-0.15, -0.1) is 11.3 Å². The van der Waals surface area contributed by atoms with Gasteiger partial charge in [-0.25, -0.2) is 4.98 Å². The molecule has 1 amide bonds. The summed E-state index contributed by atoms with van der Waals surface area (Å²) >= 11 is 1.55. The molecule has 0 spiro atoms. The van der Waals surface area contributed by atoms with Crippen LogP contribution in [0.15, 0.2) is 47.8 Å². The van der Waals surface area contributed by atoms with Gasteiger partial charge < -0.3 is 15.0 Å². The first kappa shape index (κ1) is 20.4. The second kappa shape index (κ2) is 9.30. The van der Waals surface area contributed by atoms with E-state index in [2.05, 4.69) is 27.3 Å². The molecule has 5 nitrogen and oxygen atoms in total. The molecule has 0 aliphatic carbocycles. The van der Waals surface area contributed by atoms with Crippen molar-refractivity contribution in [2.75, 3.05) is 29.9 Å². The Balaban J connectivity index is 1.37. The Hall–Kier alpha value is -2.86. The van der Waals surface area contributed by atoms with Crippen molar-refractivity contribution in [3.8, 4) is 16.3 Å². The van der Waals surface area contributed by atoms with Crippen LogP contribution >= 0.6 is 11.3 Å². The largest absolute Gasteiger partial charge is 0.494 e. The zero-order valence-electron chi connectivity index (χ0n) is 17.5. The maximum atomic E-state index is 12.6. The molecule has 1 saturated heterocycles. The van der Waals surface area contributed by atoms with Gasteiger partial charge in [0, 0.05) is 35.4 Å². The van der Waals surface area contributed by atoms with Gasteiger partial charge in [0.25, 0.3) is 0 Å². The van der Waals surface area contributed by atoms with Gasteiger partial charge >= 0.3 is 0 Å². The number of hydrogen-bond acceptors (Lipinski definition) is 5. The zero-order valence-corrected chi connectivity index (χ0v) is 18.3. The number of ether oxygens (including phenoxy) is 1. The third kappa shape index (κ3) is 4.82. The number of rotatable bonds is 7. The predicted octanol–water partition coefficient (Wildman–Crippen LogP) is 5.30. The number of carbonyl (C=O) groups excluding carboxylic acids is 1. The lowest BCUT2D eigenvalue weighted by Crippen LogP contribution is -2.18. The molecule has 156 valence electrons. The summed E-state index contributed by atoms with van der Waals surface area (Å²) in [6, 6.07) is 14.2. The molecular weight excluding hydrogens is 394 g/mol. The average Bonchev–Trinajstić information content (AvgIpc) is 3.43. The van der Waals surface area contributed by atoms with Gasteiger partial charge in [0.2, 0.25) is 5.91 Å². The normalized spacial score (nSPS) is 13.5. The van der Waals surface area contributed by atoms with E-state index in [1.54, 1.807) is 11.3 Å². The smallest absolute Gasteiger partial charge is 0.230 e. The second-order valence-corrected chi connectivity index (χ2v) is 8.38. The summed E-state index contributed by atoms with van der Waals surface area (Å²) in [4.78, 5) is 19.6. The Bertz CT molecular complexity index is 1010. The highest BCUT2D eigenvalue weighted by Gasteiger charge is 2.14. The maximum Gasteiger partial charge on any atom is 0.230 e. The number of hydrogen-bond donors (Lipinski definition) is 1. The molecule has 6 heteroatoms. The van der Waals surface area contributed by atoms with E-state index in [1.807, 2.05) is 49.6 Å². The second-order valence-electron chi connectivity index (χ2n) is 7.52. The molecule has 1 N–H and O–H groups in total. The highest BCUT2D eigenvalue weighted by atomic mass is 32.1. The Morgan fingerprint density at radius 1 is 1.17 bits per heavy atom. The van der Waals surface area contributed by atoms with Crippen molar-refractivity contribution < 1.29 is 9.53 Å². The van der Waals surface area contributed by atoms with Crippen LogP contribution in [-0.4, -0.2) is 30.6 Å². The number of carbonyl (C=O) groups is 1. The Morgan fingerprint density at radius 2 is 1.93 bits per heavy atom. The lowest BCUT2D eigenvalue weighted by molar-refractivity contribution is -0.115. The van der Waals surface area contributed by atoms with Crippen LogP contribution in [0, 0.1) is 6.92 Å². The van der Waals surface area contributed by atoms with Crippen LogP contribution in [0.2, 0.25) is 0 Å². The van der Waals surface area contributed by atoms with Crippen LogP contribution in [0.5, 0.6) is 5.75 Å². The maximum absolute atomic E-state index is 12.6. The first-order valence-corrected chi connectivity index (χ1v) is 11.3. The highest BCUT2D eigenvalue weighted by molar-refractivity contribution is 7.13. The Morgan fingerprint density at radius 3 is 2.63 bits per heavy atom. The van der Waals surface area contributed by atoms with Crippen LogP contribution in [0.1, 0.15) is 31.0 Å². The first-order valence-electron chi connectivity index (χ1n) is 10.5. The van der Waals surface area contributed by atoms with Gasteiger partial charge in [-0.2, -0.15) is 0 Å². The van der Waals surface area contributed by atoms with E-state index < -0.39 is 0 Å². The molecule has 0 radical (unpaired) electrons. The van der Waals surface area contributed by atoms with Crippen molar-refractivity contribution in [1.82, 2.24) is 4.98 Å². The number of aryl methyl sites for hydroxylation is 1. The molecule has 0 saturated carbocycles. The van der Waals surface area contributed by atoms with E-state index in [0.717, 1.165) is 46.4 Å². The minimum atomic E-state index is -0.0458. The van der Waals surface area contributed by atoms with Crippen molar-refractivity contribution in [1.29, 1.82) is 0 Å². The van der Waals surface area contributed by atoms with Crippen molar-refractivity contribution in [3.63, 3.8) is 0 Å². The summed E-state index contributed by atoms with van der Waals surface area (Å²) in [6.45, 7) is 6.89. The SMILES string of the molecule is CCOc1ccc(-c2nc(CC(=O)Nc3ccc(N4CCCC4)cc3C)cs2)cc1. The molecule has 1 aliphatic rings. The molecule has 1 fully saturated rings. The molecule has 0 atom stereocenters. The first-order chi connectivity index (χ1) is 14.6. The fourth-order valence-corrected chi connectivity index (χ4v) is 4.53. The number of benzene rings is 2. The van der Waals surface area contributed by atoms with Gasteiger partial charge in [-0.1, -0.05) is 0 Å². The molecule has 1 aliphatic heterocycles. The third-order valence-electron chi connectivity index (χ3n) is 5.26. The summed E-state index contributed by atoms with van der Waals surface area (Å²) in [5, 5.41) is 5.90. The third-order valence-corrected chi connectivity index (χ3v) is 6.20. The van der Waals surface area contributed by atoms with E-state index in [1.165, 1.54) is 18.5 Å². The van der Waals surface area contributed by atoms with Crippen LogP contribution in [0.4, 0.5) is 11.4 Å². The molecule has 3 aromatic rings. The summed E-state index contributed by atoms with van der Waals surface area (Å²) in [7, 11) is 0. The van der Waals surface area contributed by atoms with E-state index in [-0.39, 0.29) is 12.3 Å². The lowest BCUT2D eigenvalue weighted by Gasteiger charge is -2.19. The predicted molar refractivity (Wildman–Crippen MR) is 124 cm³/mol. The highest BCUT2D eigenvalue weighted by Crippen LogP contribution is 2.27. The zero-order chi connectivity index (χ0) is 20.9. The molecule has 2 heterocycles. The van der Waals surface area contributed by atoms with Crippen LogP contribution in [0.25, 0.3) is 10.6 Å². The summed E-state index contributed by atoms with van der Waals surface area (Å²) in [6.07, 6.45) is 2.77. The molecule has 4 rings (SSSR count). The van der Waals surface area contributed by atoms with Gasteiger partial charge in [0.1, 0.15) is 10.8 Å². The monoisotopic (exact) mass is 421 g/mol. The quantitative estimate of drug-likeness (QED) is 0.563. The van der Waals surface area contributed by atoms with Crippen molar-refractivity contribution in [2.45, 2.75) is 33.1 Å². The van der Waals surface area contributed by atoms with Gasteiger partial charge in [-0.05, 0) is 74.7 Å². The minimum absolute atomic E-state index is 0.0458. The van der Waals surface area contributed by atoms with E-state index in [4.69, 9.17) is 4.74 Å². The number of aromatic nitrogens is 1. The number of nitrogens with zero attached hydrogens (tertiary/aromatic N) is 2. The summed E-state index contributed by atoms with van der Waals surface area (Å²) in [5.41, 5.74) is 5.00.